The Balaban J connectivity index is 2.36. The number of carbonyl (C=O) groups is 1. The number of carbonyl (C=O) groups excluding carboxylic acids is 1. The molecule has 0 unspecified atom stereocenters. The first-order valence-electron chi connectivity index (χ1n) is 7.45. The fourth-order valence-electron chi connectivity index (χ4n) is 2.56. The van der Waals surface area contributed by atoms with Gasteiger partial charge in [-0.2, -0.15) is 0 Å². The zero-order valence-corrected chi connectivity index (χ0v) is 15.1. The van der Waals surface area contributed by atoms with Gasteiger partial charge < -0.3 is 14.3 Å². The minimum absolute atomic E-state index is 0.0916. The third-order valence-corrected chi connectivity index (χ3v) is 4.67. The Morgan fingerprint density at radius 3 is 2.58 bits per heavy atom. The Labute approximate surface area is 153 Å². The van der Waals surface area contributed by atoms with E-state index in [1.54, 1.807) is 25.1 Å². The minimum Gasteiger partial charge on any atom is -0.507 e. The lowest BCUT2D eigenvalue weighted by Gasteiger charge is -2.16. The third kappa shape index (κ3) is 3.03. The highest BCUT2D eigenvalue weighted by Crippen LogP contribution is 2.41. The van der Waals surface area contributed by atoms with E-state index in [1.807, 2.05) is 52.9 Å². The van der Waals surface area contributed by atoms with Gasteiger partial charge in [0.05, 0.1) is 22.0 Å². The summed E-state index contributed by atoms with van der Waals surface area (Å²) in [5.74, 6) is 0.150. The number of hydrogen-bond donors (Lipinski definition) is 1. The van der Waals surface area contributed by atoms with Gasteiger partial charge in [-0.1, -0.05) is 30.3 Å². The maximum Gasteiger partial charge on any atom is 0.339 e. The highest BCUT2D eigenvalue weighted by molar-refractivity contribution is 14.1. The Morgan fingerprint density at radius 2 is 1.96 bits per heavy atom. The number of rotatable bonds is 4. The molecule has 3 aromatic rings. The van der Waals surface area contributed by atoms with Gasteiger partial charge in [0.15, 0.2) is 0 Å². The van der Waals surface area contributed by atoms with Crippen molar-refractivity contribution >= 4 is 28.6 Å². The van der Waals surface area contributed by atoms with E-state index in [9.17, 15) is 9.90 Å². The van der Waals surface area contributed by atoms with Crippen molar-refractivity contribution < 1.29 is 19.1 Å². The monoisotopic (exact) mass is 434 g/mol. The maximum atomic E-state index is 12.7. The van der Waals surface area contributed by atoms with Crippen LogP contribution >= 0.6 is 22.6 Å². The molecule has 0 atom stereocenters. The minimum atomic E-state index is -0.444. The molecule has 0 aliphatic carbocycles. The first kappa shape index (κ1) is 16.6. The van der Waals surface area contributed by atoms with Crippen LogP contribution in [0.4, 0.5) is 0 Å². The highest BCUT2D eigenvalue weighted by atomic mass is 127. The molecule has 0 radical (unpaired) electrons. The summed E-state index contributed by atoms with van der Waals surface area (Å²) in [7, 11) is 0. The van der Waals surface area contributed by atoms with Gasteiger partial charge in [0.2, 0.25) is 0 Å². The first-order valence-corrected chi connectivity index (χ1v) is 8.53. The van der Waals surface area contributed by atoms with Gasteiger partial charge in [-0.05, 0) is 53.3 Å². The van der Waals surface area contributed by atoms with E-state index >= 15 is 0 Å². The summed E-state index contributed by atoms with van der Waals surface area (Å²) in [6.07, 6.45) is 1.53. The number of furan rings is 1. The summed E-state index contributed by atoms with van der Waals surface area (Å²) < 4.78 is 11.3. The molecule has 24 heavy (non-hydrogen) atoms. The molecule has 3 rings (SSSR count). The Hall–Kier alpha value is -2.28. The van der Waals surface area contributed by atoms with E-state index < -0.39 is 5.97 Å². The lowest BCUT2D eigenvalue weighted by Crippen LogP contribution is -2.10. The summed E-state index contributed by atoms with van der Waals surface area (Å²) >= 11 is 2.04. The number of halogens is 1. The molecule has 0 amide bonds. The van der Waals surface area contributed by atoms with Crippen molar-refractivity contribution in [2.24, 2.45) is 0 Å². The predicted octanol–water partition coefficient (Wildman–Crippen LogP) is 5.10. The summed E-state index contributed by atoms with van der Waals surface area (Å²) in [5.41, 5.74) is 2.37. The summed E-state index contributed by atoms with van der Waals surface area (Å²) in [4.78, 5) is 12.7. The van der Waals surface area contributed by atoms with Crippen LogP contribution in [0.25, 0.3) is 22.5 Å². The molecule has 1 N–H and O–H groups in total. The second kappa shape index (κ2) is 7.09. The van der Waals surface area contributed by atoms with Crippen molar-refractivity contribution in [3.05, 3.63) is 63.9 Å². The van der Waals surface area contributed by atoms with Gasteiger partial charge >= 0.3 is 5.97 Å². The van der Waals surface area contributed by atoms with Crippen molar-refractivity contribution in [1.29, 1.82) is 0 Å². The van der Waals surface area contributed by atoms with Gasteiger partial charge in [-0.15, -0.1) is 0 Å². The van der Waals surface area contributed by atoms with Crippen LogP contribution in [0.5, 0.6) is 5.75 Å². The van der Waals surface area contributed by atoms with Gasteiger partial charge in [0.1, 0.15) is 11.5 Å². The Kier molecular flexibility index (Phi) is 4.89. The number of esters is 1. The highest BCUT2D eigenvalue weighted by Gasteiger charge is 2.25. The van der Waals surface area contributed by atoms with Gasteiger partial charge in [0.25, 0.3) is 0 Å². The molecule has 0 aliphatic heterocycles. The van der Waals surface area contributed by atoms with Crippen LogP contribution in [-0.4, -0.2) is 17.7 Å². The molecule has 1 heterocycles. The lowest BCUT2D eigenvalue weighted by molar-refractivity contribution is 0.0528. The number of ether oxygens (including phenoxy) is 1. The normalized spacial score (nSPS) is 10.6. The molecule has 0 aliphatic rings. The molecule has 1 aromatic heterocycles. The first-order chi connectivity index (χ1) is 11.6. The van der Waals surface area contributed by atoms with Crippen LogP contribution in [0.3, 0.4) is 0 Å². The average Bonchev–Trinajstić information content (AvgIpc) is 3.12. The molecular weight excluding hydrogens is 419 g/mol. The van der Waals surface area contributed by atoms with Crippen molar-refractivity contribution in [1.82, 2.24) is 0 Å². The van der Waals surface area contributed by atoms with Crippen LogP contribution in [0.15, 0.2) is 59.2 Å². The van der Waals surface area contributed by atoms with Crippen LogP contribution in [-0.2, 0) is 4.74 Å². The van der Waals surface area contributed by atoms with Crippen LogP contribution < -0.4 is 0 Å². The van der Waals surface area contributed by atoms with E-state index in [1.165, 1.54) is 6.26 Å². The van der Waals surface area contributed by atoms with E-state index in [0.717, 1.165) is 5.56 Å². The van der Waals surface area contributed by atoms with Crippen molar-refractivity contribution in [3.8, 4) is 28.2 Å². The molecule has 2 aromatic carbocycles. The van der Waals surface area contributed by atoms with E-state index in [0.29, 0.717) is 26.0 Å². The van der Waals surface area contributed by atoms with Crippen LogP contribution in [0, 0.1) is 3.57 Å². The summed E-state index contributed by atoms with van der Waals surface area (Å²) in [6, 6.07) is 14.5. The molecule has 0 bridgehead atoms. The molecule has 4 nitrogen and oxygen atoms in total. The fraction of sp³-hybridized carbons (Fsp3) is 0.105. The molecular formula is C19H15IO4. The van der Waals surface area contributed by atoms with Crippen molar-refractivity contribution in [3.63, 3.8) is 0 Å². The summed E-state index contributed by atoms with van der Waals surface area (Å²) in [5, 5.41) is 10.4. The Bertz CT molecular complexity index is 855. The predicted molar refractivity (Wildman–Crippen MR) is 99.9 cm³/mol. The SMILES string of the molecule is CCOC(=O)c1c(-c2ccco2)cc(O)c(I)c1-c1ccccc1. The standard InChI is InChI=1S/C19H15IO4/c1-2-23-19(22)17-13(15-9-6-10-24-15)11-14(21)18(20)16(17)12-7-4-3-5-8-12/h3-11,21H,2H2,1H3. The van der Waals surface area contributed by atoms with E-state index in [-0.39, 0.29) is 12.4 Å². The molecule has 0 spiro atoms. The lowest BCUT2D eigenvalue weighted by atomic mass is 9.93. The topological polar surface area (TPSA) is 59.7 Å². The zero-order valence-electron chi connectivity index (χ0n) is 13.0. The van der Waals surface area contributed by atoms with Crippen LogP contribution in [0.2, 0.25) is 0 Å². The number of aromatic hydroxyl groups is 1. The van der Waals surface area contributed by atoms with Crippen molar-refractivity contribution in [2.45, 2.75) is 6.92 Å². The van der Waals surface area contributed by atoms with E-state index in [4.69, 9.17) is 9.15 Å². The Morgan fingerprint density at radius 1 is 1.21 bits per heavy atom. The molecule has 0 fully saturated rings. The van der Waals surface area contributed by atoms with Gasteiger partial charge in [-0.3, -0.25) is 0 Å². The second-order valence-electron chi connectivity index (χ2n) is 5.07. The molecule has 122 valence electrons. The summed E-state index contributed by atoms with van der Waals surface area (Å²) in [6.45, 7) is 2.03. The number of phenolic OH excluding ortho intramolecular Hbond substituents is 1. The number of hydrogen-bond acceptors (Lipinski definition) is 4. The second-order valence-corrected chi connectivity index (χ2v) is 6.15. The van der Waals surface area contributed by atoms with Crippen LogP contribution in [0.1, 0.15) is 17.3 Å². The fourth-order valence-corrected chi connectivity index (χ4v) is 3.30. The average molecular weight is 434 g/mol. The van der Waals surface area contributed by atoms with Gasteiger partial charge in [0, 0.05) is 11.1 Å². The maximum absolute atomic E-state index is 12.7. The largest absolute Gasteiger partial charge is 0.507 e. The molecule has 0 saturated carbocycles. The van der Waals surface area contributed by atoms with Crippen molar-refractivity contribution in [2.75, 3.05) is 6.61 Å². The van der Waals surface area contributed by atoms with Gasteiger partial charge in [-0.25, -0.2) is 4.79 Å². The number of phenols is 1. The molecule has 5 heteroatoms. The quantitative estimate of drug-likeness (QED) is 0.459. The smallest absolute Gasteiger partial charge is 0.339 e. The number of benzene rings is 2. The third-order valence-electron chi connectivity index (χ3n) is 3.57. The van der Waals surface area contributed by atoms with E-state index in [2.05, 4.69) is 0 Å². The molecule has 0 saturated heterocycles. The zero-order chi connectivity index (χ0) is 17.1.